The Bertz CT molecular complexity index is 486. The van der Waals surface area contributed by atoms with Gasteiger partial charge in [0.15, 0.2) is 11.6 Å². The number of rotatable bonds is 3. The Morgan fingerprint density at radius 1 is 1.59 bits per heavy atom. The normalized spacial score (nSPS) is 14.2. The molecule has 17 heavy (non-hydrogen) atoms. The number of hydrazone groups is 1. The number of amidine groups is 1. The number of nitro groups is 1. The highest BCUT2D eigenvalue weighted by atomic mass is 16.6. The molecule has 0 saturated heterocycles. The zero-order valence-electron chi connectivity index (χ0n) is 9.51. The fourth-order valence-corrected chi connectivity index (χ4v) is 1.63. The SMILES string of the molecule is COc1cc(C2=NNCN2C)ccc1[N+](=O)[O-]. The molecule has 1 aromatic carbocycles. The molecular formula is C10H12N4O3. The van der Waals surface area contributed by atoms with Crippen LogP contribution in [-0.4, -0.2) is 36.5 Å². The minimum Gasteiger partial charge on any atom is -0.490 e. The second-order valence-electron chi connectivity index (χ2n) is 3.59. The topological polar surface area (TPSA) is 80.0 Å². The molecule has 1 aromatic rings. The third-order valence-corrected chi connectivity index (χ3v) is 2.49. The number of nitrogens with zero attached hydrogens (tertiary/aromatic N) is 3. The van der Waals surface area contributed by atoms with Crippen molar-refractivity contribution in [2.75, 3.05) is 20.8 Å². The molecule has 0 aliphatic carbocycles. The van der Waals surface area contributed by atoms with Gasteiger partial charge in [-0.05, 0) is 12.1 Å². The lowest BCUT2D eigenvalue weighted by Gasteiger charge is -2.12. The Morgan fingerprint density at radius 3 is 2.88 bits per heavy atom. The number of ether oxygens (including phenoxy) is 1. The van der Waals surface area contributed by atoms with Gasteiger partial charge in [-0.25, -0.2) is 0 Å². The average molecular weight is 236 g/mol. The van der Waals surface area contributed by atoms with Crippen molar-refractivity contribution in [2.45, 2.75) is 0 Å². The summed E-state index contributed by atoms with van der Waals surface area (Å²) < 4.78 is 5.01. The number of nitrogens with one attached hydrogen (secondary N) is 1. The summed E-state index contributed by atoms with van der Waals surface area (Å²) in [4.78, 5) is 12.2. The minimum atomic E-state index is -0.471. The highest BCUT2D eigenvalue weighted by molar-refractivity contribution is 5.99. The van der Waals surface area contributed by atoms with Crippen LogP contribution in [-0.2, 0) is 0 Å². The first-order valence-corrected chi connectivity index (χ1v) is 4.98. The van der Waals surface area contributed by atoms with E-state index in [-0.39, 0.29) is 11.4 Å². The van der Waals surface area contributed by atoms with Crippen LogP contribution in [0.3, 0.4) is 0 Å². The molecule has 1 heterocycles. The molecule has 1 aliphatic heterocycles. The lowest BCUT2D eigenvalue weighted by molar-refractivity contribution is -0.385. The molecule has 0 saturated carbocycles. The van der Waals surface area contributed by atoms with Crippen molar-refractivity contribution >= 4 is 11.5 Å². The Kier molecular flexibility index (Phi) is 2.82. The molecule has 0 fully saturated rings. The summed E-state index contributed by atoms with van der Waals surface area (Å²) in [5.41, 5.74) is 3.56. The minimum absolute atomic E-state index is 0.0505. The van der Waals surface area contributed by atoms with Gasteiger partial charge in [0.05, 0.1) is 12.0 Å². The van der Waals surface area contributed by atoms with Gasteiger partial charge in [0.25, 0.3) is 0 Å². The summed E-state index contributed by atoms with van der Waals surface area (Å²) in [5.74, 6) is 0.966. The van der Waals surface area contributed by atoms with Crippen LogP contribution in [0.15, 0.2) is 23.3 Å². The van der Waals surface area contributed by atoms with Crippen LogP contribution in [0.1, 0.15) is 5.56 Å². The molecular weight excluding hydrogens is 224 g/mol. The predicted octanol–water partition coefficient (Wildman–Crippen LogP) is 0.757. The van der Waals surface area contributed by atoms with Gasteiger partial charge in [-0.3, -0.25) is 15.5 Å². The largest absolute Gasteiger partial charge is 0.490 e. The van der Waals surface area contributed by atoms with Gasteiger partial charge < -0.3 is 9.64 Å². The molecule has 0 atom stereocenters. The van der Waals surface area contributed by atoms with Gasteiger partial charge >= 0.3 is 5.69 Å². The van der Waals surface area contributed by atoms with Crippen molar-refractivity contribution in [3.63, 3.8) is 0 Å². The van der Waals surface area contributed by atoms with Crippen LogP contribution in [0.4, 0.5) is 5.69 Å². The number of methoxy groups -OCH3 is 1. The van der Waals surface area contributed by atoms with Gasteiger partial charge in [0, 0.05) is 18.7 Å². The Morgan fingerprint density at radius 2 is 2.35 bits per heavy atom. The summed E-state index contributed by atoms with van der Waals surface area (Å²) in [6, 6.07) is 4.69. The third kappa shape index (κ3) is 1.99. The number of nitro benzene ring substituents is 1. The van der Waals surface area contributed by atoms with E-state index >= 15 is 0 Å². The van der Waals surface area contributed by atoms with E-state index < -0.39 is 4.92 Å². The van der Waals surface area contributed by atoms with E-state index in [4.69, 9.17) is 4.74 Å². The van der Waals surface area contributed by atoms with Gasteiger partial charge in [-0.1, -0.05) is 0 Å². The second-order valence-corrected chi connectivity index (χ2v) is 3.59. The summed E-state index contributed by atoms with van der Waals surface area (Å²) in [6.45, 7) is 0.620. The van der Waals surface area contributed by atoms with Gasteiger partial charge in [0.2, 0.25) is 0 Å². The Hall–Kier alpha value is -2.31. The number of hydrogen-bond donors (Lipinski definition) is 1. The first kappa shape index (κ1) is 11.2. The van der Waals surface area contributed by atoms with Crippen LogP contribution in [0.25, 0.3) is 0 Å². The lowest BCUT2D eigenvalue weighted by Crippen LogP contribution is -2.25. The quantitative estimate of drug-likeness (QED) is 0.619. The van der Waals surface area contributed by atoms with Crippen molar-refractivity contribution in [3.05, 3.63) is 33.9 Å². The van der Waals surface area contributed by atoms with E-state index in [0.29, 0.717) is 6.67 Å². The van der Waals surface area contributed by atoms with Gasteiger partial charge in [0.1, 0.15) is 6.67 Å². The third-order valence-electron chi connectivity index (χ3n) is 2.49. The van der Waals surface area contributed by atoms with Crippen molar-refractivity contribution in [1.29, 1.82) is 0 Å². The van der Waals surface area contributed by atoms with E-state index in [9.17, 15) is 10.1 Å². The van der Waals surface area contributed by atoms with Crippen LogP contribution in [0, 0.1) is 10.1 Å². The van der Waals surface area contributed by atoms with Crippen LogP contribution < -0.4 is 10.2 Å². The zero-order valence-corrected chi connectivity index (χ0v) is 9.51. The van der Waals surface area contributed by atoms with E-state index in [1.54, 1.807) is 12.1 Å². The molecule has 0 amide bonds. The molecule has 1 N–H and O–H groups in total. The van der Waals surface area contributed by atoms with Crippen molar-refractivity contribution in [3.8, 4) is 5.75 Å². The molecule has 7 heteroatoms. The predicted molar refractivity (Wildman–Crippen MR) is 62.0 cm³/mol. The maximum absolute atomic E-state index is 10.8. The summed E-state index contributed by atoms with van der Waals surface area (Å²) in [7, 11) is 3.29. The Balaban J connectivity index is 2.41. The molecule has 7 nitrogen and oxygen atoms in total. The fraction of sp³-hybridized carbons (Fsp3) is 0.300. The summed E-state index contributed by atoms with van der Waals surface area (Å²) in [6.07, 6.45) is 0. The Labute approximate surface area is 97.8 Å². The van der Waals surface area contributed by atoms with E-state index in [1.807, 2.05) is 11.9 Å². The molecule has 0 bridgehead atoms. The fourth-order valence-electron chi connectivity index (χ4n) is 1.63. The standard InChI is InChI=1S/C10H12N4O3/c1-13-6-11-12-10(13)7-3-4-8(14(15)16)9(5-7)17-2/h3-5,11H,6H2,1-2H3. The second kappa shape index (κ2) is 4.28. The number of benzene rings is 1. The highest BCUT2D eigenvalue weighted by Crippen LogP contribution is 2.28. The zero-order chi connectivity index (χ0) is 12.4. The highest BCUT2D eigenvalue weighted by Gasteiger charge is 2.20. The molecule has 1 aliphatic rings. The van der Waals surface area contributed by atoms with Crippen LogP contribution >= 0.6 is 0 Å². The molecule has 0 aromatic heterocycles. The maximum atomic E-state index is 10.8. The van der Waals surface area contributed by atoms with Crippen LogP contribution in [0.2, 0.25) is 0 Å². The molecule has 0 spiro atoms. The van der Waals surface area contributed by atoms with E-state index in [0.717, 1.165) is 11.4 Å². The average Bonchev–Trinajstić information content (AvgIpc) is 2.74. The maximum Gasteiger partial charge on any atom is 0.310 e. The monoisotopic (exact) mass is 236 g/mol. The first-order chi connectivity index (χ1) is 8.13. The first-order valence-electron chi connectivity index (χ1n) is 4.98. The van der Waals surface area contributed by atoms with Gasteiger partial charge in [-0.15, -0.1) is 0 Å². The number of hydrogen-bond acceptors (Lipinski definition) is 6. The van der Waals surface area contributed by atoms with Crippen molar-refractivity contribution in [1.82, 2.24) is 10.3 Å². The van der Waals surface area contributed by atoms with Crippen molar-refractivity contribution in [2.24, 2.45) is 5.10 Å². The summed E-state index contributed by atoms with van der Waals surface area (Å²) >= 11 is 0. The van der Waals surface area contributed by atoms with Gasteiger partial charge in [-0.2, -0.15) is 5.10 Å². The van der Waals surface area contributed by atoms with E-state index in [1.165, 1.54) is 13.2 Å². The van der Waals surface area contributed by atoms with Crippen molar-refractivity contribution < 1.29 is 9.66 Å². The molecule has 0 radical (unpaired) electrons. The van der Waals surface area contributed by atoms with E-state index in [2.05, 4.69) is 10.5 Å². The molecule has 90 valence electrons. The smallest absolute Gasteiger partial charge is 0.310 e. The molecule has 0 unspecified atom stereocenters. The lowest BCUT2D eigenvalue weighted by atomic mass is 10.1. The molecule has 2 rings (SSSR count). The summed E-state index contributed by atoms with van der Waals surface area (Å²) in [5, 5.41) is 14.9. The van der Waals surface area contributed by atoms with Crippen LogP contribution in [0.5, 0.6) is 5.75 Å².